The summed E-state index contributed by atoms with van der Waals surface area (Å²) < 4.78 is 22.7. The Morgan fingerprint density at radius 3 is 2.89 bits per heavy atom. The molecule has 1 atom stereocenters. The van der Waals surface area contributed by atoms with Gasteiger partial charge in [0.1, 0.15) is 0 Å². The van der Waals surface area contributed by atoms with Gasteiger partial charge in [-0.2, -0.15) is 0 Å². The second-order valence-corrected chi connectivity index (χ2v) is 7.51. The van der Waals surface area contributed by atoms with Crippen molar-refractivity contribution in [2.45, 2.75) is 19.0 Å². The van der Waals surface area contributed by atoms with Crippen LogP contribution in [-0.2, 0) is 16.4 Å². The number of hydrogen-bond donors (Lipinski definition) is 2. The van der Waals surface area contributed by atoms with Gasteiger partial charge in [0.15, 0.2) is 15.8 Å². The Kier molecular flexibility index (Phi) is 6.54. The zero-order valence-electron chi connectivity index (χ0n) is 10.6. The van der Waals surface area contributed by atoms with Crippen LogP contribution >= 0.6 is 35.3 Å². The summed E-state index contributed by atoms with van der Waals surface area (Å²) in [4.78, 5) is 5.32. The second kappa shape index (κ2) is 7.44. The van der Waals surface area contributed by atoms with Crippen LogP contribution in [0.2, 0.25) is 0 Å². The summed E-state index contributed by atoms with van der Waals surface area (Å²) in [5, 5.41) is 8.35. The highest BCUT2D eigenvalue weighted by Crippen LogP contribution is 2.11. The van der Waals surface area contributed by atoms with Crippen molar-refractivity contribution in [3.8, 4) is 0 Å². The Hall–Kier alpha value is -0.350. The Bertz CT molecular complexity index is 514. The smallest absolute Gasteiger partial charge is 0.191 e. The van der Waals surface area contributed by atoms with Gasteiger partial charge in [-0.1, -0.05) is 6.07 Å². The van der Waals surface area contributed by atoms with Crippen LogP contribution in [0.4, 0.5) is 0 Å². The summed E-state index contributed by atoms with van der Waals surface area (Å²) in [7, 11) is -1.16. The highest BCUT2D eigenvalue weighted by molar-refractivity contribution is 14.0. The maximum absolute atomic E-state index is 11.4. The van der Waals surface area contributed by atoms with Crippen LogP contribution in [-0.4, -0.2) is 39.0 Å². The molecule has 5 nitrogen and oxygen atoms in total. The van der Waals surface area contributed by atoms with Gasteiger partial charge in [0.2, 0.25) is 0 Å². The average molecular weight is 415 g/mol. The fourth-order valence-electron chi connectivity index (χ4n) is 1.88. The molecule has 2 heterocycles. The van der Waals surface area contributed by atoms with E-state index in [2.05, 4.69) is 15.6 Å². The van der Waals surface area contributed by atoms with Crippen molar-refractivity contribution in [3.05, 3.63) is 22.4 Å². The van der Waals surface area contributed by atoms with Gasteiger partial charge in [-0.25, -0.2) is 8.42 Å². The lowest BCUT2D eigenvalue weighted by Crippen LogP contribution is -2.43. The lowest BCUT2D eigenvalue weighted by atomic mass is 10.3. The first-order chi connectivity index (χ1) is 8.59. The molecule has 19 heavy (non-hydrogen) atoms. The SMILES string of the molecule is CN=C(NCc1cccs1)NC1CCS(=O)(=O)C1.I. The number of aliphatic imine (C=N–C) groups is 1. The molecular formula is C11H18IN3O2S2. The summed E-state index contributed by atoms with van der Waals surface area (Å²) in [5.74, 6) is 1.13. The zero-order valence-corrected chi connectivity index (χ0v) is 14.6. The normalized spacial score (nSPS) is 21.7. The molecule has 0 aromatic carbocycles. The van der Waals surface area contributed by atoms with E-state index in [4.69, 9.17) is 0 Å². The molecule has 2 N–H and O–H groups in total. The third-order valence-corrected chi connectivity index (χ3v) is 5.45. The molecule has 0 radical (unpaired) electrons. The van der Waals surface area contributed by atoms with E-state index in [1.54, 1.807) is 18.4 Å². The van der Waals surface area contributed by atoms with Gasteiger partial charge < -0.3 is 10.6 Å². The Labute approximate surface area is 134 Å². The fourth-order valence-corrected chi connectivity index (χ4v) is 4.20. The average Bonchev–Trinajstić information content (AvgIpc) is 2.94. The molecule has 0 aliphatic carbocycles. The monoisotopic (exact) mass is 415 g/mol. The number of halogens is 1. The molecule has 8 heteroatoms. The maximum Gasteiger partial charge on any atom is 0.191 e. The minimum Gasteiger partial charge on any atom is -0.353 e. The number of guanidine groups is 1. The number of thiophene rings is 1. The Morgan fingerprint density at radius 1 is 1.58 bits per heavy atom. The van der Waals surface area contributed by atoms with Gasteiger partial charge in [-0.3, -0.25) is 4.99 Å². The van der Waals surface area contributed by atoms with E-state index in [-0.39, 0.29) is 41.5 Å². The lowest BCUT2D eigenvalue weighted by molar-refractivity contribution is 0.599. The quantitative estimate of drug-likeness (QED) is 0.443. The van der Waals surface area contributed by atoms with Gasteiger partial charge in [-0.15, -0.1) is 35.3 Å². The van der Waals surface area contributed by atoms with Gasteiger partial charge in [0.05, 0.1) is 18.1 Å². The zero-order chi connectivity index (χ0) is 13.0. The Morgan fingerprint density at radius 2 is 2.37 bits per heavy atom. The predicted molar refractivity (Wildman–Crippen MR) is 90.1 cm³/mol. The molecule has 0 saturated carbocycles. The van der Waals surface area contributed by atoms with Crippen LogP contribution in [0.15, 0.2) is 22.5 Å². The molecule has 108 valence electrons. The van der Waals surface area contributed by atoms with Gasteiger partial charge in [0, 0.05) is 18.0 Å². The van der Waals surface area contributed by atoms with Crippen molar-refractivity contribution in [1.82, 2.24) is 10.6 Å². The van der Waals surface area contributed by atoms with Crippen LogP contribution < -0.4 is 10.6 Å². The molecular weight excluding hydrogens is 397 g/mol. The Balaban J connectivity index is 0.00000180. The lowest BCUT2D eigenvalue weighted by Gasteiger charge is -2.15. The molecule has 1 aliphatic heterocycles. The minimum atomic E-state index is -2.85. The standard InChI is InChI=1S/C11H17N3O2S2.HI/c1-12-11(13-7-10-3-2-5-17-10)14-9-4-6-18(15,16)8-9;/h2-3,5,9H,4,6-8H2,1H3,(H2,12,13,14);1H. The summed E-state index contributed by atoms with van der Waals surface area (Å²) in [5.41, 5.74) is 0. The predicted octanol–water partition coefficient (Wildman–Crippen LogP) is 1.22. The first-order valence-corrected chi connectivity index (χ1v) is 8.49. The van der Waals surface area contributed by atoms with Crippen molar-refractivity contribution in [3.63, 3.8) is 0 Å². The molecule has 1 aromatic rings. The highest BCUT2D eigenvalue weighted by Gasteiger charge is 2.28. The van der Waals surface area contributed by atoms with Crippen LogP contribution in [0.25, 0.3) is 0 Å². The van der Waals surface area contributed by atoms with E-state index >= 15 is 0 Å². The first-order valence-electron chi connectivity index (χ1n) is 5.79. The summed E-state index contributed by atoms with van der Waals surface area (Å²) in [6.45, 7) is 0.705. The molecule has 1 saturated heterocycles. The molecule has 1 aliphatic rings. The van der Waals surface area contributed by atoms with Crippen molar-refractivity contribution in [2.24, 2.45) is 4.99 Å². The molecule has 0 bridgehead atoms. The van der Waals surface area contributed by atoms with Crippen molar-refractivity contribution >= 4 is 51.1 Å². The third kappa shape index (κ3) is 5.27. The van der Waals surface area contributed by atoms with Gasteiger partial charge in [-0.05, 0) is 17.9 Å². The molecule has 1 unspecified atom stereocenters. The van der Waals surface area contributed by atoms with E-state index in [0.29, 0.717) is 18.9 Å². The van der Waals surface area contributed by atoms with E-state index in [9.17, 15) is 8.42 Å². The first kappa shape index (κ1) is 16.7. The van der Waals surface area contributed by atoms with E-state index < -0.39 is 9.84 Å². The molecule has 0 amide bonds. The second-order valence-electron chi connectivity index (χ2n) is 4.25. The van der Waals surface area contributed by atoms with E-state index in [1.807, 2.05) is 17.5 Å². The fraction of sp³-hybridized carbons (Fsp3) is 0.545. The maximum atomic E-state index is 11.4. The van der Waals surface area contributed by atoms with Crippen LogP contribution in [0.5, 0.6) is 0 Å². The number of nitrogens with one attached hydrogen (secondary N) is 2. The molecule has 2 rings (SSSR count). The van der Waals surface area contributed by atoms with Gasteiger partial charge in [0.25, 0.3) is 0 Å². The minimum absolute atomic E-state index is 0. The number of sulfone groups is 1. The number of nitrogens with zero attached hydrogens (tertiary/aromatic N) is 1. The number of hydrogen-bond acceptors (Lipinski definition) is 4. The molecule has 1 aromatic heterocycles. The summed E-state index contributed by atoms with van der Waals surface area (Å²) in [6.07, 6.45) is 0.655. The van der Waals surface area contributed by atoms with Crippen LogP contribution in [0, 0.1) is 0 Å². The summed E-state index contributed by atoms with van der Waals surface area (Å²) in [6, 6.07) is 4.02. The number of rotatable bonds is 3. The van der Waals surface area contributed by atoms with Gasteiger partial charge >= 0.3 is 0 Å². The van der Waals surface area contributed by atoms with Crippen molar-refractivity contribution < 1.29 is 8.42 Å². The topological polar surface area (TPSA) is 70.6 Å². The molecule has 0 spiro atoms. The van der Waals surface area contributed by atoms with E-state index in [1.165, 1.54) is 4.88 Å². The molecule has 1 fully saturated rings. The van der Waals surface area contributed by atoms with Crippen molar-refractivity contribution in [1.29, 1.82) is 0 Å². The largest absolute Gasteiger partial charge is 0.353 e. The van der Waals surface area contributed by atoms with Crippen molar-refractivity contribution in [2.75, 3.05) is 18.6 Å². The third-order valence-electron chi connectivity index (χ3n) is 2.81. The van der Waals surface area contributed by atoms with Crippen LogP contribution in [0.3, 0.4) is 0 Å². The van der Waals surface area contributed by atoms with E-state index in [0.717, 1.165) is 0 Å². The van der Waals surface area contributed by atoms with Crippen LogP contribution in [0.1, 0.15) is 11.3 Å². The summed E-state index contributed by atoms with van der Waals surface area (Å²) >= 11 is 1.68. The highest BCUT2D eigenvalue weighted by atomic mass is 127.